The number of ether oxygens (including phenoxy) is 2. The van der Waals surface area contributed by atoms with Crippen LogP contribution in [0.2, 0.25) is 0 Å². The summed E-state index contributed by atoms with van der Waals surface area (Å²) in [4.78, 5) is 2.69. The molecule has 0 spiro atoms. The minimum atomic E-state index is 0.481. The van der Waals surface area contributed by atoms with Crippen LogP contribution < -0.4 is 14.8 Å². The van der Waals surface area contributed by atoms with Gasteiger partial charge in [0.15, 0.2) is 0 Å². The maximum absolute atomic E-state index is 5.45. The lowest BCUT2D eigenvalue weighted by atomic mass is 9.93. The zero-order valence-corrected chi connectivity index (χ0v) is 13.3. The van der Waals surface area contributed by atoms with E-state index >= 15 is 0 Å². The Kier molecular flexibility index (Phi) is 4.36. The van der Waals surface area contributed by atoms with Gasteiger partial charge in [-0.1, -0.05) is 0 Å². The SMILES string of the molecule is CNCC1CCN(C2CC2)C1c1cc(OC)cc(OC)c1. The van der Waals surface area contributed by atoms with Gasteiger partial charge in [-0.05, 0) is 63.0 Å². The van der Waals surface area contributed by atoms with Crippen molar-refractivity contribution in [3.8, 4) is 11.5 Å². The first kappa shape index (κ1) is 14.7. The van der Waals surface area contributed by atoms with E-state index in [1.165, 1.54) is 31.4 Å². The van der Waals surface area contributed by atoms with E-state index in [0.29, 0.717) is 12.0 Å². The van der Waals surface area contributed by atoms with Gasteiger partial charge < -0.3 is 14.8 Å². The predicted octanol–water partition coefficient (Wildman–Crippen LogP) is 2.45. The second-order valence-electron chi connectivity index (χ2n) is 6.17. The van der Waals surface area contributed by atoms with Crippen LogP contribution >= 0.6 is 0 Å². The van der Waals surface area contributed by atoms with Crippen molar-refractivity contribution in [3.63, 3.8) is 0 Å². The van der Waals surface area contributed by atoms with Crippen molar-refractivity contribution in [2.45, 2.75) is 31.3 Å². The van der Waals surface area contributed by atoms with Gasteiger partial charge in [-0.2, -0.15) is 0 Å². The number of likely N-dealkylation sites (tertiary alicyclic amines) is 1. The monoisotopic (exact) mass is 290 g/mol. The van der Waals surface area contributed by atoms with Gasteiger partial charge in [0.25, 0.3) is 0 Å². The first-order valence-electron chi connectivity index (χ1n) is 7.90. The van der Waals surface area contributed by atoms with Crippen LogP contribution in [0.1, 0.15) is 30.9 Å². The fourth-order valence-electron chi connectivity index (χ4n) is 3.64. The molecule has 4 nitrogen and oxygen atoms in total. The Morgan fingerprint density at radius 1 is 1.10 bits per heavy atom. The summed E-state index contributed by atoms with van der Waals surface area (Å²) < 4.78 is 10.9. The topological polar surface area (TPSA) is 33.7 Å². The Morgan fingerprint density at radius 2 is 1.76 bits per heavy atom. The average Bonchev–Trinajstić information content (AvgIpc) is 3.28. The molecule has 1 aliphatic heterocycles. The third-order valence-corrected chi connectivity index (χ3v) is 4.76. The third kappa shape index (κ3) is 3.01. The highest BCUT2D eigenvalue weighted by Gasteiger charge is 2.42. The van der Waals surface area contributed by atoms with Crippen molar-refractivity contribution < 1.29 is 9.47 Å². The van der Waals surface area contributed by atoms with Crippen LogP contribution in [0.4, 0.5) is 0 Å². The number of benzene rings is 1. The molecule has 3 rings (SSSR count). The Balaban J connectivity index is 1.93. The van der Waals surface area contributed by atoms with E-state index in [-0.39, 0.29) is 0 Å². The lowest BCUT2D eigenvalue weighted by Crippen LogP contribution is -2.30. The van der Waals surface area contributed by atoms with E-state index < -0.39 is 0 Å². The first-order chi connectivity index (χ1) is 10.3. The highest BCUT2D eigenvalue weighted by molar-refractivity contribution is 5.40. The Bertz CT molecular complexity index is 465. The Morgan fingerprint density at radius 3 is 2.29 bits per heavy atom. The van der Waals surface area contributed by atoms with Gasteiger partial charge in [0.1, 0.15) is 11.5 Å². The zero-order chi connectivity index (χ0) is 14.8. The molecule has 1 heterocycles. The summed E-state index contributed by atoms with van der Waals surface area (Å²) >= 11 is 0. The number of hydrogen-bond donors (Lipinski definition) is 1. The third-order valence-electron chi connectivity index (χ3n) is 4.76. The Hall–Kier alpha value is -1.26. The van der Waals surface area contributed by atoms with Gasteiger partial charge in [0.2, 0.25) is 0 Å². The average molecular weight is 290 g/mol. The molecule has 0 bridgehead atoms. The summed E-state index contributed by atoms with van der Waals surface area (Å²) in [6.07, 6.45) is 3.97. The fraction of sp³-hybridized carbons (Fsp3) is 0.647. The summed E-state index contributed by atoms with van der Waals surface area (Å²) in [5, 5.41) is 3.36. The minimum Gasteiger partial charge on any atom is -0.497 e. The number of nitrogens with zero attached hydrogens (tertiary/aromatic N) is 1. The summed E-state index contributed by atoms with van der Waals surface area (Å²) in [5.74, 6) is 2.43. The molecule has 21 heavy (non-hydrogen) atoms. The van der Waals surface area contributed by atoms with Crippen LogP contribution in [0, 0.1) is 5.92 Å². The Labute approximate surface area is 127 Å². The molecule has 0 aromatic heterocycles. The maximum atomic E-state index is 5.45. The molecule has 0 radical (unpaired) electrons. The lowest BCUT2D eigenvalue weighted by molar-refractivity contribution is 0.216. The molecule has 1 saturated heterocycles. The molecular formula is C17H26N2O2. The summed E-state index contributed by atoms with van der Waals surface area (Å²) in [6.45, 7) is 2.27. The maximum Gasteiger partial charge on any atom is 0.122 e. The molecule has 2 atom stereocenters. The first-order valence-corrected chi connectivity index (χ1v) is 7.90. The van der Waals surface area contributed by atoms with Crippen LogP contribution in [-0.4, -0.2) is 45.3 Å². The zero-order valence-electron chi connectivity index (χ0n) is 13.3. The lowest BCUT2D eigenvalue weighted by Gasteiger charge is -2.29. The minimum absolute atomic E-state index is 0.481. The second-order valence-corrected chi connectivity index (χ2v) is 6.17. The van der Waals surface area contributed by atoms with Gasteiger partial charge in [-0.25, -0.2) is 0 Å². The summed E-state index contributed by atoms with van der Waals surface area (Å²) in [6, 6.07) is 7.57. The highest BCUT2D eigenvalue weighted by Crippen LogP contribution is 2.45. The molecule has 1 aliphatic carbocycles. The van der Waals surface area contributed by atoms with E-state index in [1.54, 1.807) is 14.2 Å². The number of hydrogen-bond acceptors (Lipinski definition) is 4. The van der Waals surface area contributed by atoms with Crippen LogP contribution in [-0.2, 0) is 0 Å². The quantitative estimate of drug-likeness (QED) is 0.872. The normalized spacial score (nSPS) is 26.0. The van der Waals surface area contributed by atoms with Gasteiger partial charge in [0.05, 0.1) is 14.2 Å². The van der Waals surface area contributed by atoms with Crippen molar-refractivity contribution in [3.05, 3.63) is 23.8 Å². The van der Waals surface area contributed by atoms with Crippen LogP contribution in [0.5, 0.6) is 11.5 Å². The summed E-state index contributed by atoms with van der Waals surface area (Å²) in [5.41, 5.74) is 1.33. The molecule has 1 saturated carbocycles. The molecule has 1 aromatic carbocycles. The fourth-order valence-corrected chi connectivity index (χ4v) is 3.64. The molecule has 4 heteroatoms. The molecule has 2 aliphatic rings. The van der Waals surface area contributed by atoms with Gasteiger partial charge in [-0.15, -0.1) is 0 Å². The van der Waals surface area contributed by atoms with Crippen molar-refractivity contribution in [2.24, 2.45) is 5.92 Å². The second kappa shape index (κ2) is 6.24. The van der Waals surface area contributed by atoms with Crippen LogP contribution in [0.25, 0.3) is 0 Å². The molecule has 2 unspecified atom stereocenters. The molecule has 116 valence electrons. The van der Waals surface area contributed by atoms with Crippen molar-refractivity contribution >= 4 is 0 Å². The molecule has 1 N–H and O–H groups in total. The molecule has 2 fully saturated rings. The van der Waals surface area contributed by atoms with Gasteiger partial charge in [-0.3, -0.25) is 4.90 Å². The van der Waals surface area contributed by atoms with Crippen LogP contribution in [0.15, 0.2) is 18.2 Å². The smallest absolute Gasteiger partial charge is 0.122 e. The number of methoxy groups -OCH3 is 2. The summed E-state index contributed by atoms with van der Waals surface area (Å²) in [7, 11) is 5.48. The van der Waals surface area contributed by atoms with E-state index in [2.05, 4.69) is 22.3 Å². The number of nitrogens with one attached hydrogen (secondary N) is 1. The molecule has 0 amide bonds. The largest absolute Gasteiger partial charge is 0.497 e. The van der Waals surface area contributed by atoms with Gasteiger partial charge in [0, 0.05) is 18.2 Å². The highest BCUT2D eigenvalue weighted by atomic mass is 16.5. The van der Waals surface area contributed by atoms with Crippen molar-refractivity contribution in [1.29, 1.82) is 0 Å². The van der Waals surface area contributed by atoms with Crippen molar-refractivity contribution in [2.75, 3.05) is 34.4 Å². The molecule has 1 aromatic rings. The predicted molar refractivity (Wildman–Crippen MR) is 84.0 cm³/mol. The standard InChI is InChI=1S/C17H26N2O2/c1-18-11-12-6-7-19(14-4-5-14)17(12)13-8-15(20-2)10-16(9-13)21-3/h8-10,12,14,17-18H,4-7,11H2,1-3H3. The van der Waals surface area contributed by atoms with E-state index in [9.17, 15) is 0 Å². The number of rotatable bonds is 6. The van der Waals surface area contributed by atoms with E-state index in [4.69, 9.17) is 9.47 Å². The van der Waals surface area contributed by atoms with Crippen LogP contribution in [0.3, 0.4) is 0 Å². The van der Waals surface area contributed by atoms with Gasteiger partial charge >= 0.3 is 0 Å². The molecular weight excluding hydrogens is 264 g/mol. The van der Waals surface area contributed by atoms with Crippen molar-refractivity contribution in [1.82, 2.24) is 10.2 Å². The van der Waals surface area contributed by atoms with E-state index in [1.807, 2.05) is 13.1 Å². The van der Waals surface area contributed by atoms with E-state index in [0.717, 1.165) is 24.1 Å².